The third kappa shape index (κ3) is 2.59. The van der Waals surface area contributed by atoms with E-state index in [4.69, 9.17) is 0 Å². The molecule has 2 heteroatoms. The molecule has 1 aromatic heterocycles. The van der Waals surface area contributed by atoms with E-state index in [2.05, 4.69) is 29.2 Å². The molecule has 23 heavy (non-hydrogen) atoms. The van der Waals surface area contributed by atoms with Crippen molar-refractivity contribution < 1.29 is 4.39 Å². The van der Waals surface area contributed by atoms with E-state index in [1.54, 1.807) is 18.3 Å². The Kier molecular flexibility index (Phi) is 3.35. The average Bonchev–Trinajstić information content (AvgIpc) is 2.61. The van der Waals surface area contributed by atoms with Gasteiger partial charge in [-0.25, -0.2) is 4.39 Å². The number of halogens is 1. The number of nitrogens with zero attached hydrogens (tertiary/aromatic N) is 1. The molecule has 0 unspecified atom stereocenters. The van der Waals surface area contributed by atoms with Crippen LogP contribution in [0.5, 0.6) is 0 Å². The summed E-state index contributed by atoms with van der Waals surface area (Å²) in [6.45, 7) is 0. The fourth-order valence-electron chi connectivity index (χ4n) is 2.89. The lowest BCUT2D eigenvalue weighted by Gasteiger charge is -2.11. The zero-order valence-corrected chi connectivity index (χ0v) is 12.4. The van der Waals surface area contributed by atoms with E-state index >= 15 is 0 Å². The third-order valence-corrected chi connectivity index (χ3v) is 3.98. The minimum atomic E-state index is -0.222. The van der Waals surface area contributed by atoms with Gasteiger partial charge in [0.15, 0.2) is 0 Å². The molecular weight excluding hydrogens is 285 g/mol. The van der Waals surface area contributed by atoms with Crippen LogP contribution in [-0.2, 0) is 0 Å². The molecule has 0 aliphatic carbocycles. The van der Waals surface area contributed by atoms with Crippen molar-refractivity contribution >= 4 is 10.9 Å². The van der Waals surface area contributed by atoms with Gasteiger partial charge in [0.2, 0.25) is 0 Å². The monoisotopic (exact) mass is 299 g/mol. The number of pyridine rings is 1. The molecule has 0 amide bonds. The number of hydrogen-bond donors (Lipinski definition) is 0. The molecule has 0 saturated carbocycles. The maximum absolute atomic E-state index is 13.6. The van der Waals surface area contributed by atoms with Gasteiger partial charge in [-0.05, 0) is 52.6 Å². The van der Waals surface area contributed by atoms with E-state index in [1.807, 2.05) is 36.4 Å². The second-order valence-corrected chi connectivity index (χ2v) is 5.47. The number of aromatic nitrogens is 1. The molecule has 0 fully saturated rings. The Hall–Kier alpha value is -3.00. The van der Waals surface area contributed by atoms with Crippen molar-refractivity contribution in [3.63, 3.8) is 0 Å². The van der Waals surface area contributed by atoms with Crippen molar-refractivity contribution in [3.8, 4) is 22.3 Å². The van der Waals surface area contributed by atoms with Crippen LogP contribution in [0.4, 0.5) is 4.39 Å². The van der Waals surface area contributed by atoms with Crippen LogP contribution in [0.15, 0.2) is 85.1 Å². The van der Waals surface area contributed by atoms with Crippen molar-refractivity contribution in [1.29, 1.82) is 0 Å². The van der Waals surface area contributed by atoms with Crippen molar-refractivity contribution in [2.75, 3.05) is 0 Å². The molecule has 3 aromatic carbocycles. The van der Waals surface area contributed by atoms with Crippen LogP contribution in [0.1, 0.15) is 0 Å². The Morgan fingerprint density at radius 1 is 0.652 bits per heavy atom. The highest BCUT2D eigenvalue weighted by Gasteiger charge is 2.08. The van der Waals surface area contributed by atoms with Crippen molar-refractivity contribution in [1.82, 2.24) is 4.98 Å². The Balaban J connectivity index is 1.91. The number of rotatable bonds is 2. The molecule has 0 saturated heterocycles. The van der Waals surface area contributed by atoms with Gasteiger partial charge in [0.1, 0.15) is 5.82 Å². The summed E-state index contributed by atoms with van der Waals surface area (Å²) in [6, 6.07) is 25.0. The Morgan fingerprint density at radius 3 is 2.22 bits per heavy atom. The SMILES string of the molecule is Fc1cccc(-c2ccccc2-c2ccc3ncccc3c2)c1. The maximum Gasteiger partial charge on any atom is 0.123 e. The lowest BCUT2D eigenvalue weighted by atomic mass is 9.94. The van der Waals surface area contributed by atoms with Crippen LogP contribution in [0.25, 0.3) is 33.2 Å². The van der Waals surface area contributed by atoms with Crippen LogP contribution in [-0.4, -0.2) is 4.98 Å². The van der Waals surface area contributed by atoms with E-state index in [0.29, 0.717) is 0 Å². The maximum atomic E-state index is 13.6. The summed E-state index contributed by atoms with van der Waals surface area (Å²) < 4.78 is 13.6. The summed E-state index contributed by atoms with van der Waals surface area (Å²) in [5, 5.41) is 1.10. The van der Waals surface area contributed by atoms with Gasteiger partial charge in [0.25, 0.3) is 0 Å². The predicted octanol–water partition coefficient (Wildman–Crippen LogP) is 5.71. The lowest BCUT2D eigenvalue weighted by Crippen LogP contribution is -1.87. The van der Waals surface area contributed by atoms with Gasteiger partial charge in [-0.15, -0.1) is 0 Å². The minimum absolute atomic E-state index is 0.222. The average molecular weight is 299 g/mol. The van der Waals surface area contributed by atoms with Crippen molar-refractivity contribution in [3.05, 3.63) is 90.9 Å². The Morgan fingerprint density at radius 2 is 1.43 bits per heavy atom. The second-order valence-electron chi connectivity index (χ2n) is 5.47. The molecule has 4 aromatic rings. The van der Waals surface area contributed by atoms with E-state index < -0.39 is 0 Å². The van der Waals surface area contributed by atoms with Gasteiger partial charge in [-0.3, -0.25) is 4.98 Å². The summed E-state index contributed by atoms with van der Waals surface area (Å²) in [5.41, 5.74) is 5.07. The van der Waals surface area contributed by atoms with Crippen LogP contribution >= 0.6 is 0 Å². The molecule has 0 aliphatic rings. The van der Waals surface area contributed by atoms with E-state index in [1.165, 1.54) is 6.07 Å². The minimum Gasteiger partial charge on any atom is -0.256 e. The van der Waals surface area contributed by atoms with Gasteiger partial charge < -0.3 is 0 Å². The largest absolute Gasteiger partial charge is 0.256 e. The molecule has 1 heterocycles. The van der Waals surface area contributed by atoms with E-state index in [9.17, 15) is 4.39 Å². The molecule has 0 atom stereocenters. The smallest absolute Gasteiger partial charge is 0.123 e. The predicted molar refractivity (Wildman–Crippen MR) is 92.6 cm³/mol. The van der Waals surface area contributed by atoms with Gasteiger partial charge in [0, 0.05) is 11.6 Å². The number of hydrogen-bond acceptors (Lipinski definition) is 1. The fourth-order valence-corrected chi connectivity index (χ4v) is 2.89. The van der Waals surface area contributed by atoms with Crippen LogP contribution in [0.2, 0.25) is 0 Å². The molecular formula is C21H14FN. The summed E-state index contributed by atoms with van der Waals surface area (Å²) in [4.78, 5) is 4.36. The quantitative estimate of drug-likeness (QED) is 0.462. The van der Waals surface area contributed by atoms with Crippen molar-refractivity contribution in [2.45, 2.75) is 0 Å². The van der Waals surface area contributed by atoms with Gasteiger partial charge >= 0.3 is 0 Å². The molecule has 1 nitrogen and oxygen atoms in total. The van der Waals surface area contributed by atoms with Gasteiger partial charge in [-0.2, -0.15) is 0 Å². The fraction of sp³-hybridized carbons (Fsp3) is 0. The first-order valence-corrected chi connectivity index (χ1v) is 7.51. The summed E-state index contributed by atoms with van der Waals surface area (Å²) >= 11 is 0. The summed E-state index contributed by atoms with van der Waals surface area (Å²) in [5.74, 6) is -0.222. The Bertz CT molecular complexity index is 991. The van der Waals surface area contributed by atoms with Crippen LogP contribution in [0.3, 0.4) is 0 Å². The second kappa shape index (κ2) is 5.65. The van der Waals surface area contributed by atoms with Crippen molar-refractivity contribution in [2.24, 2.45) is 0 Å². The molecule has 0 aliphatic heterocycles. The van der Waals surface area contributed by atoms with E-state index in [0.717, 1.165) is 33.2 Å². The number of benzene rings is 3. The number of fused-ring (bicyclic) bond motifs is 1. The summed E-state index contributed by atoms with van der Waals surface area (Å²) in [7, 11) is 0. The molecule has 110 valence electrons. The molecule has 0 spiro atoms. The first kappa shape index (κ1) is 13.6. The lowest BCUT2D eigenvalue weighted by molar-refractivity contribution is 0.628. The highest BCUT2D eigenvalue weighted by molar-refractivity contribution is 5.89. The molecule has 4 rings (SSSR count). The zero-order chi connectivity index (χ0) is 15.6. The molecule has 0 N–H and O–H groups in total. The van der Waals surface area contributed by atoms with E-state index in [-0.39, 0.29) is 5.82 Å². The van der Waals surface area contributed by atoms with Crippen LogP contribution < -0.4 is 0 Å². The molecule has 0 radical (unpaired) electrons. The highest BCUT2D eigenvalue weighted by atomic mass is 19.1. The van der Waals surface area contributed by atoms with Crippen LogP contribution in [0, 0.1) is 5.82 Å². The highest BCUT2D eigenvalue weighted by Crippen LogP contribution is 2.33. The van der Waals surface area contributed by atoms with Gasteiger partial charge in [0.05, 0.1) is 5.52 Å². The normalized spacial score (nSPS) is 10.8. The first-order chi connectivity index (χ1) is 11.3. The molecule has 0 bridgehead atoms. The standard InChI is InChI=1S/C21H14FN/c22-18-7-3-5-15(14-18)19-8-1-2-9-20(19)16-10-11-21-17(13-16)6-4-12-23-21/h1-14H. The Labute approximate surface area is 134 Å². The summed E-state index contributed by atoms with van der Waals surface area (Å²) in [6.07, 6.45) is 1.79. The van der Waals surface area contributed by atoms with Gasteiger partial charge in [-0.1, -0.05) is 48.5 Å². The topological polar surface area (TPSA) is 12.9 Å². The third-order valence-electron chi connectivity index (χ3n) is 3.98. The first-order valence-electron chi connectivity index (χ1n) is 7.51. The zero-order valence-electron chi connectivity index (χ0n) is 12.4.